The Morgan fingerprint density at radius 1 is 1.19 bits per heavy atom. The topological polar surface area (TPSA) is 101 Å². The molecule has 0 fully saturated rings. The third-order valence-electron chi connectivity index (χ3n) is 2.06. The van der Waals surface area contributed by atoms with Crippen LogP contribution in [-0.4, -0.2) is 15.0 Å². The van der Waals surface area contributed by atoms with Crippen molar-refractivity contribution in [3.63, 3.8) is 0 Å². The maximum atomic E-state index is 10.4. The van der Waals surface area contributed by atoms with E-state index in [9.17, 15) is 15.2 Å². The van der Waals surface area contributed by atoms with Crippen molar-refractivity contribution in [2.24, 2.45) is 10.2 Å². The summed E-state index contributed by atoms with van der Waals surface area (Å²) >= 11 is 4.01. The fourth-order valence-electron chi connectivity index (χ4n) is 1.21. The molecule has 0 spiro atoms. The molecule has 1 aromatic carbocycles. The number of pyridine rings is 1. The van der Waals surface area contributed by atoms with E-state index >= 15 is 0 Å². The number of nitrogens with zero attached hydrogens (tertiary/aromatic N) is 4. The standard InChI is InChI=1S/C11H8N4O3.CH3.HI.Os/c16-10-5-6-12-11(7-10)14-13-8-1-3-9(4-2-8)15(17)18;;;/h1-7H,(H,12,16);1H3;1H;/q;-1;;+1/p-1. The van der Waals surface area contributed by atoms with E-state index in [0.29, 0.717) is 5.69 Å². The monoisotopic (exact) mass is 578 g/mol. The fourth-order valence-corrected chi connectivity index (χ4v) is 1.21. The van der Waals surface area contributed by atoms with E-state index < -0.39 is 4.92 Å². The first-order valence-electron chi connectivity index (χ1n) is 5.10. The first-order valence-corrected chi connectivity index (χ1v) is 12.3. The van der Waals surface area contributed by atoms with Crippen LogP contribution in [0.4, 0.5) is 17.2 Å². The molecule has 7 nitrogen and oxygen atoms in total. The van der Waals surface area contributed by atoms with Crippen molar-refractivity contribution in [2.75, 3.05) is 0 Å². The van der Waals surface area contributed by atoms with Crippen molar-refractivity contribution in [3.05, 3.63) is 60.1 Å². The number of nitro groups is 1. The minimum absolute atomic E-state index is 0. The van der Waals surface area contributed by atoms with Gasteiger partial charge in [-0.15, -0.1) is 10.2 Å². The van der Waals surface area contributed by atoms with Crippen LogP contribution < -0.4 is 0 Å². The van der Waals surface area contributed by atoms with Gasteiger partial charge in [0.15, 0.2) is 5.82 Å². The van der Waals surface area contributed by atoms with Crippen LogP contribution >= 0.6 is 19.7 Å². The first-order chi connectivity index (χ1) is 9.65. The molecule has 1 N–H and O–H groups in total. The summed E-state index contributed by atoms with van der Waals surface area (Å²) in [6.45, 7) is 0. The second-order valence-corrected chi connectivity index (χ2v) is 3.35. The van der Waals surface area contributed by atoms with Gasteiger partial charge < -0.3 is 12.5 Å². The van der Waals surface area contributed by atoms with Crippen molar-refractivity contribution in [3.8, 4) is 5.75 Å². The number of hydrogen-bond acceptors (Lipinski definition) is 6. The molecule has 0 unspecified atom stereocenters. The van der Waals surface area contributed by atoms with Crippen LogP contribution in [-0.2, 0) is 15.1 Å². The number of hydrogen-bond donors (Lipinski definition) is 1. The number of aromatic hydroxyl groups is 1. The summed E-state index contributed by atoms with van der Waals surface area (Å²) in [5.41, 5.74) is 0.454. The molecule has 21 heavy (non-hydrogen) atoms. The Morgan fingerprint density at radius 2 is 1.81 bits per heavy atom. The first kappa shape index (κ1) is 19.5. The molecule has 0 saturated heterocycles. The summed E-state index contributed by atoms with van der Waals surface area (Å²) in [4.78, 5) is 13.8. The second-order valence-electron chi connectivity index (χ2n) is 3.35. The van der Waals surface area contributed by atoms with Gasteiger partial charge in [0.2, 0.25) is 0 Å². The van der Waals surface area contributed by atoms with Crippen molar-refractivity contribution in [1.82, 2.24) is 4.98 Å². The van der Waals surface area contributed by atoms with Crippen molar-refractivity contribution in [1.29, 1.82) is 0 Å². The Morgan fingerprint density at radius 3 is 2.33 bits per heavy atom. The molecule has 2 aromatic rings. The van der Waals surface area contributed by atoms with Gasteiger partial charge in [0.25, 0.3) is 5.69 Å². The van der Waals surface area contributed by atoms with E-state index in [4.69, 9.17) is 0 Å². The number of aromatic nitrogens is 1. The van der Waals surface area contributed by atoms with Gasteiger partial charge in [-0.1, -0.05) is 0 Å². The Kier molecular flexibility index (Phi) is 9.57. The van der Waals surface area contributed by atoms with Gasteiger partial charge >= 0.3 is 34.7 Å². The Bertz CT molecular complexity index is 608. The van der Waals surface area contributed by atoms with Crippen LogP contribution in [0, 0.1) is 17.5 Å². The summed E-state index contributed by atoms with van der Waals surface area (Å²) in [6.07, 6.45) is 1.40. The molecule has 0 aliphatic heterocycles. The van der Waals surface area contributed by atoms with Gasteiger partial charge in [0, 0.05) is 24.4 Å². The fraction of sp³-hybridized carbons (Fsp3) is 0. The Balaban J connectivity index is 0.00000128. The number of nitro benzene ring substituents is 1. The third kappa shape index (κ3) is 6.68. The number of azo groups is 1. The summed E-state index contributed by atoms with van der Waals surface area (Å²) in [7, 11) is 0. The van der Waals surface area contributed by atoms with E-state index in [1.54, 1.807) is 0 Å². The number of halogens is 1. The van der Waals surface area contributed by atoms with Gasteiger partial charge in [-0.3, -0.25) is 10.1 Å². The molecule has 0 bridgehead atoms. The van der Waals surface area contributed by atoms with Gasteiger partial charge in [-0.2, -0.15) is 0 Å². The summed E-state index contributed by atoms with van der Waals surface area (Å²) in [5, 5.41) is 27.3. The molecule has 0 radical (unpaired) electrons. The van der Waals surface area contributed by atoms with Crippen LogP contribution in [0.25, 0.3) is 0 Å². The van der Waals surface area contributed by atoms with Gasteiger partial charge in [-0.25, -0.2) is 4.98 Å². The average Bonchev–Trinajstić information content (AvgIpc) is 2.48. The Hall–Kier alpha value is -1.46. The van der Waals surface area contributed by atoms with Crippen LogP contribution in [0.1, 0.15) is 0 Å². The molecule has 1 aromatic heterocycles. The van der Waals surface area contributed by atoms with E-state index in [-0.39, 0.29) is 24.7 Å². The number of rotatable bonds is 3. The van der Waals surface area contributed by atoms with E-state index in [1.165, 1.54) is 42.6 Å². The quantitative estimate of drug-likeness (QED) is 0.192. The maximum absolute atomic E-state index is 10.4. The summed E-state index contributed by atoms with van der Waals surface area (Å²) in [6, 6.07) is 8.41. The zero-order chi connectivity index (χ0) is 15.0. The minimum atomic E-state index is -0.488. The molecular weight excluding hydrogens is 565 g/mol. The van der Waals surface area contributed by atoms with E-state index in [0.717, 1.165) is 0 Å². The van der Waals surface area contributed by atoms with Crippen LogP contribution in [0.2, 0.25) is 0 Å². The molecule has 0 aliphatic rings. The molecule has 0 atom stereocenters. The summed E-state index contributed by atoms with van der Waals surface area (Å²) in [5.74, 6) is 0.302. The van der Waals surface area contributed by atoms with Gasteiger partial charge in [0.1, 0.15) is 5.75 Å². The molecule has 0 amide bonds. The van der Waals surface area contributed by atoms with Crippen molar-refractivity contribution < 1.29 is 25.1 Å². The van der Waals surface area contributed by atoms with E-state index in [2.05, 4.69) is 34.9 Å². The number of benzene rings is 1. The van der Waals surface area contributed by atoms with Gasteiger partial charge in [-0.05, 0) is 18.2 Å². The predicted octanol–water partition coefficient (Wildman–Crippen LogP) is 4.44. The van der Waals surface area contributed by atoms with Crippen molar-refractivity contribution in [2.45, 2.75) is 0 Å². The van der Waals surface area contributed by atoms with E-state index in [1.807, 2.05) is 15.1 Å². The molecule has 0 saturated carbocycles. The second kappa shape index (κ2) is 10.3. The zero-order valence-corrected chi connectivity index (χ0v) is 15.5. The Labute approximate surface area is 142 Å². The van der Waals surface area contributed by atoms with Crippen LogP contribution in [0.5, 0.6) is 5.75 Å². The van der Waals surface area contributed by atoms with Crippen molar-refractivity contribution >= 4 is 36.9 Å². The normalized spacial score (nSPS) is 9.43. The molecule has 2 rings (SSSR count). The zero-order valence-electron chi connectivity index (χ0n) is 10.8. The summed E-state index contributed by atoms with van der Waals surface area (Å²) < 4.78 is 0. The SMILES string of the molecule is O=[N+]([O-])c1ccc(N=Nc2cc(O)ccn2)cc1.[CH3-].[I][Os]. The third-order valence-corrected chi connectivity index (χ3v) is 2.06. The number of non-ortho nitro benzene ring substituents is 1. The molecule has 113 valence electrons. The van der Waals surface area contributed by atoms with Crippen LogP contribution in [0.3, 0.4) is 0 Å². The van der Waals surface area contributed by atoms with Crippen LogP contribution in [0.15, 0.2) is 52.8 Å². The molecule has 9 heteroatoms. The molecule has 0 aliphatic carbocycles. The van der Waals surface area contributed by atoms with Gasteiger partial charge in [0.05, 0.1) is 10.6 Å². The molecule has 1 heterocycles. The predicted molar refractivity (Wildman–Crippen MR) is 83.6 cm³/mol. The molecular formula is C12H11IN4O3Os-. The average molecular weight is 576 g/mol.